The highest BCUT2D eigenvalue weighted by Crippen LogP contribution is 2.29. The van der Waals surface area contributed by atoms with Gasteiger partial charge in [0.05, 0.1) is 0 Å². The molecule has 0 saturated carbocycles. The summed E-state index contributed by atoms with van der Waals surface area (Å²) in [4.78, 5) is 4.09. The molecule has 2 heteroatoms. The normalized spacial score (nSPS) is 16.3. The van der Waals surface area contributed by atoms with Gasteiger partial charge in [-0.15, -0.1) is 0 Å². The van der Waals surface area contributed by atoms with Gasteiger partial charge in [-0.25, -0.2) is 0 Å². The second-order valence-corrected chi connectivity index (χ2v) is 5.39. The lowest BCUT2D eigenvalue weighted by atomic mass is 9.91. The summed E-state index contributed by atoms with van der Waals surface area (Å²) in [5.74, 6) is 0.704. The maximum absolute atomic E-state index is 4.09. The summed E-state index contributed by atoms with van der Waals surface area (Å²) in [5.41, 5.74) is 4.43. The van der Waals surface area contributed by atoms with Crippen molar-refractivity contribution in [3.05, 3.63) is 65.5 Å². The van der Waals surface area contributed by atoms with E-state index in [9.17, 15) is 0 Å². The van der Waals surface area contributed by atoms with E-state index in [1.165, 1.54) is 29.5 Å². The zero-order chi connectivity index (χ0) is 13.1. The van der Waals surface area contributed by atoms with Gasteiger partial charge in [0.25, 0.3) is 0 Å². The minimum atomic E-state index is 0.537. The van der Waals surface area contributed by atoms with Crippen LogP contribution in [0.25, 0.3) is 0 Å². The molecule has 0 spiro atoms. The van der Waals surface area contributed by atoms with Crippen LogP contribution in [0, 0.1) is 5.92 Å². The predicted octanol–water partition coefficient (Wildman–Crippen LogP) is 2.63. The number of likely N-dealkylation sites (N-methyl/N-ethyl adjacent to an activating group) is 1. The van der Waals surface area contributed by atoms with E-state index in [0.29, 0.717) is 12.0 Å². The van der Waals surface area contributed by atoms with Crippen molar-refractivity contribution in [1.82, 2.24) is 10.3 Å². The van der Waals surface area contributed by atoms with Crippen molar-refractivity contribution in [1.29, 1.82) is 0 Å². The highest BCUT2D eigenvalue weighted by atomic mass is 14.9. The van der Waals surface area contributed by atoms with Crippen molar-refractivity contribution in [2.24, 2.45) is 5.92 Å². The summed E-state index contributed by atoms with van der Waals surface area (Å²) in [6.45, 7) is 0. The lowest BCUT2D eigenvalue weighted by Gasteiger charge is -2.23. The van der Waals surface area contributed by atoms with Crippen LogP contribution in [0.1, 0.15) is 16.7 Å². The van der Waals surface area contributed by atoms with Gasteiger partial charge in [-0.3, -0.25) is 4.98 Å². The lowest BCUT2D eigenvalue weighted by molar-refractivity contribution is 0.383. The molecule has 3 rings (SSSR count). The predicted molar refractivity (Wildman–Crippen MR) is 78.1 cm³/mol. The second kappa shape index (κ2) is 5.54. The molecule has 1 aromatic heterocycles. The smallest absolute Gasteiger partial charge is 0.0270 e. The molecule has 1 aliphatic rings. The van der Waals surface area contributed by atoms with Crippen LogP contribution >= 0.6 is 0 Å². The number of benzene rings is 1. The van der Waals surface area contributed by atoms with Crippen LogP contribution < -0.4 is 5.32 Å². The summed E-state index contributed by atoms with van der Waals surface area (Å²) in [5, 5.41) is 3.51. The minimum Gasteiger partial charge on any atom is -0.316 e. The zero-order valence-corrected chi connectivity index (χ0v) is 11.3. The molecule has 2 nitrogen and oxygen atoms in total. The zero-order valence-electron chi connectivity index (χ0n) is 11.3. The van der Waals surface area contributed by atoms with Crippen LogP contribution in [0.2, 0.25) is 0 Å². The summed E-state index contributed by atoms with van der Waals surface area (Å²) in [7, 11) is 2.08. The van der Waals surface area contributed by atoms with Gasteiger partial charge in [0.2, 0.25) is 0 Å². The van der Waals surface area contributed by atoms with E-state index in [1.54, 1.807) is 0 Å². The maximum atomic E-state index is 4.09. The molecular formula is C17H20N2. The number of nitrogens with zero attached hydrogens (tertiary/aromatic N) is 1. The molecule has 0 saturated heterocycles. The number of nitrogens with one attached hydrogen (secondary N) is 1. The Labute approximate surface area is 114 Å². The monoisotopic (exact) mass is 252 g/mol. The summed E-state index contributed by atoms with van der Waals surface area (Å²) in [6, 6.07) is 13.6. The van der Waals surface area contributed by atoms with Crippen molar-refractivity contribution in [3.63, 3.8) is 0 Å². The van der Waals surface area contributed by atoms with Crippen molar-refractivity contribution in [2.75, 3.05) is 7.05 Å². The molecule has 1 atom stereocenters. The molecule has 19 heavy (non-hydrogen) atoms. The van der Waals surface area contributed by atoms with Gasteiger partial charge in [0, 0.05) is 18.4 Å². The van der Waals surface area contributed by atoms with Crippen molar-refractivity contribution in [2.45, 2.75) is 25.3 Å². The third-order valence-electron chi connectivity index (χ3n) is 4.23. The molecule has 2 aromatic rings. The molecule has 1 aliphatic carbocycles. The van der Waals surface area contributed by atoms with Crippen LogP contribution in [0.4, 0.5) is 0 Å². The third kappa shape index (κ3) is 2.69. The Hall–Kier alpha value is -1.67. The van der Waals surface area contributed by atoms with Crippen molar-refractivity contribution < 1.29 is 0 Å². The molecule has 0 fully saturated rings. The highest BCUT2D eigenvalue weighted by Gasteiger charge is 2.27. The molecule has 98 valence electrons. The molecular weight excluding hydrogens is 232 g/mol. The summed E-state index contributed by atoms with van der Waals surface area (Å²) >= 11 is 0. The fraction of sp³-hybridized carbons (Fsp3) is 0.353. The Bertz CT molecular complexity index is 511. The minimum absolute atomic E-state index is 0.537. The van der Waals surface area contributed by atoms with Crippen LogP contribution in [-0.4, -0.2) is 18.1 Å². The number of fused-ring (bicyclic) bond motifs is 1. The number of pyridine rings is 1. The standard InChI is InChI=1S/C17H20N2/c1-18-17(10-13-6-8-19-9-7-13)16-11-14-4-2-3-5-15(14)12-16/h2-9,16-18H,10-12H2,1H3. The fourth-order valence-corrected chi connectivity index (χ4v) is 3.15. The Balaban J connectivity index is 1.71. The lowest BCUT2D eigenvalue weighted by Crippen LogP contribution is -2.36. The SMILES string of the molecule is CNC(Cc1ccncc1)C1Cc2ccccc2C1. The molecule has 0 amide bonds. The van der Waals surface area contributed by atoms with Gasteiger partial charge in [-0.05, 0) is 61.1 Å². The quantitative estimate of drug-likeness (QED) is 0.905. The van der Waals surface area contributed by atoms with E-state index < -0.39 is 0 Å². The van der Waals surface area contributed by atoms with E-state index in [0.717, 1.165) is 6.42 Å². The van der Waals surface area contributed by atoms with Crippen LogP contribution in [-0.2, 0) is 19.3 Å². The van der Waals surface area contributed by atoms with Gasteiger partial charge >= 0.3 is 0 Å². The van der Waals surface area contributed by atoms with Gasteiger partial charge in [-0.2, -0.15) is 0 Å². The van der Waals surface area contributed by atoms with Crippen LogP contribution in [0.5, 0.6) is 0 Å². The summed E-state index contributed by atoms with van der Waals surface area (Å²) in [6.07, 6.45) is 7.24. The Morgan fingerprint density at radius 2 is 1.74 bits per heavy atom. The average molecular weight is 252 g/mol. The Morgan fingerprint density at radius 3 is 2.32 bits per heavy atom. The highest BCUT2D eigenvalue weighted by molar-refractivity contribution is 5.33. The van der Waals surface area contributed by atoms with Gasteiger partial charge in [0.1, 0.15) is 0 Å². The van der Waals surface area contributed by atoms with Crippen molar-refractivity contribution >= 4 is 0 Å². The molecule has 1 N–H and O–H groups in total. The van der Waals surface area contributed by atoms with Crippen LogP contribution in [0.3, 0.4) is 0 Å². The maximum Gasteiger partial charge on any atom is 0.0270 e. The van der Waals surface area contributed by atoms with E-state index in [1.807, 2.05) is 12.4 Å². The van der Waals surface area contributed by atoms with Gasteiger partial charge in [0.15, 0.2) is 0 Å². The fourth-order valence-electron chi connectivity index (χ4n) is 3.15. The van der Waals surface area contributed by atoms with Gasteiger partial charge < -0.3 is 5.32 Å². The molecule has 0 radical (unpaired) electrons. The topological polar surface area (TPSA) is 24.9 Å². The summed E-state index contributed by atoms with van der Waals surface area (Å²) < 4.78 is 0. The molecule has 0 aliphatic heterocycles. The number of rotatable bonds is 4. The Morgan fingerprint density at radius 1 is 1.11 bits per heavy atom. The Kier molecular flexibility index (Phi) is 3.60. The molecule has 1 unspecified atom stereocenters. The first-order valence-corrected chi connectivity index (χ1v) is 7.00. The van der Waals surface area contributed by atoms with Crippen molar-refractivity contribution in [3.8, 4) is 0 Å². The van der Waals surface area contributed by atoms with Gasteiger partial charge in [-0.1, -0.05) is 24.3 Å². The first-order chi connectivity index (χ1) is 9.36. The second-order valence-electron chi connectivity index (χ2n) is 5.39. The number of hydrogen-bond donors (Lipinski definition) is 1. The molecule has 0 bridgehead atoms. The van der Waals surface area contributed by atoms with Crippen LogP contribution in [0.15, 0.2) is 48.8 Å². The molecule has 1 aromatic carbocycles. The first-order valence-electron chi connectivity index (χ1n) is 7.00. The van der Waals surface area contributed by atoms with E-state index in [2.05, 4.69) is 53.7 Å². The van der Waals surface area contributed by atoms with E-state index >= 15 is 0 Å². The van der Waals surface area contributed by atoms with E-state index in [4.69, 9.17) is 0 Å². The van der Waals surface area contributed by atoms with E-state index in [-0.39, 0.29) is 0 Å². The number of aromatic nitrogens is 1. The first kappa shape index (κ1) is 12.4. The molecule has 1 heterocycles. The third-order valence-corrected chi connectivity index (χ3v) is 4.23. The largest absolute Gasteiger partial charge is 0.316 e. The number of hydrogen-bond acceptors (Lipinski definition) is 2. The average Bonchev–Trinajstić information content (AvgIpc) is 2.89.